The van der Waals surface area contributed by atoms with E-state index in [-0.39, 0.29) is 43.1 Å². The molecule has 0 atom stereocenters. The van der Waals surface area contributed by atoms with E-state index in [4.69, 9.17) is 9.97 Å². The summed E-state index contributed by atoms with van der Waals surface area (Å²) in [4.78, 5) is 29.1. The van der Waals surface area contributed by atoms with Gasteiger partial charge in [-0.2, -0.15) is 4.98 Å². The second-order valence-corrected chi connectivity index (χ2v) is 11.2. The average Bonchev–Trinajstić information content (AvgIpc) is 3.33. The SMILES string of the molecule is C.O=C(C1CCC(n2c(Nc3ccc(F)cc3F)nc3cnc(NC4CCC(O)CC4)nc32)CC1)N1CCNCC1. The lowest BCUT2D eigenvalue weighted by Gasteiger charge is -2.35. The third kappa shape index (κ3) is 6.43. The minimum Gasteiger partial charge on any atom is -0.393 e. The Kier molecular flexibility index (Phi) is 8.98. The van der Waals surface area contributed by atoms with E-state index in [1.807, 2.05) is 9.47 Å². The molecule has 1 saturated heterocycles. The fourth-order valence-electron chi connectivity index (χ4n) is 6.23. The van der Waals surface area contributed by atoms with E-state index in [2.05, 4.69) is 20.9 Å². The van der Waals surface area contributed by atoms with Crippen molar-refractivity contribution in [2.75, 3.05) is 36.8 Å². The summed E-state index contributed by atoms with van der Waals surface area (Å²) in [5.41, 5.74) is 1.30. The van der Waals surface area contributed by atoms with Crippen molar-refractivity contribution in [3.63, 3.8) is 0 Å². The quantitative estimate of drug-likeness (QED) is 0.345. The number of aromatic nitrogens is 4. The van der Waals surface area contributed by atoms with Crippen molar-refractivity contribution in [3.05, 3.63) is 36.0 Å². The number of aliphatic hydroxyl groups is 1. The van der Waals surface area contributed by atoms with Crippen LogP contribution in [0.5, 0.6) is 0 Å². The standard InChI is InChI=1S/C28H36F2N8O2.CH4/c29-18-3-10-23(22(30)15-18)34-28-35-24-16-32-27(33-19-4-8-21(39)9-5-19)36-25(24)38(28)20-6-1-17(2-7-20)26(40)37-13-11-31-12-14-37;/h3,10,15-17,19-21,31,39H,1-2,4-9,11-14H2,(H,34,35)(H,32,33,36);1H4. The zero-order valence-corrected chi connectivity index (χ0v) is 22.5. The monoisotopic (exact) mass is 570 g/mol. The summed E-state index contributed by atoms with van der Waals surface area (Å²) in [6.07, 6.45) is 7.56. The van der Waals surface area contributed by atoms with Gasteiger partial charge in [-0.15, -0.1) is 0 Å². The van der Waals surface area contributed by atoms with Gasteiger partial charge in [0.2, 0.25) is 17.8 Å². The van der Waals surface area contributed by atoms with Crippen molar-refractivity contribution in [1.29, 1.82) is 0 Å². The number of nitrogens with one attached hydrogen (secondary N) is 3. The first-order valence-electron chi connectivity index (χ1n) is 14.4. The number of anilines is 3. The molecule has 2 aromatic heterocycles. The molecule has 41 heavy (non-hydrogen) atoms. The number of carbonyl (C=O) groups excluding carboxylic acids is 1. The second kappa shape index (κ2) is 12.6. The van der Waals surface area contributed by atoms with Gasteiger partial charge < -0.3 is 26.0 Å². The molecular weight excluding hydrogens is 530 g/mol. The first kappa shape index (κ1) is 29.1. The summed E-state index contributed by atoms with van der Waals surface area (Å²) < 4.78 is 30.1. The largest absolute Gasteiger partial charge is 0.393 e. The highest BCUT2D eigenvalue weighted by Gasteiger charge is 2.33. The lowest BCUT2D eigenvalue weighted by atomic mass is 9.85. The van der Waals surface area contributed by atoms with Crippen molar-refractivity contribution in [1.82, 2.24) is 29.7 Å². The van der Waals surface area contributed by atoms with Gasteiger partial charge >= 0.3 is 0 Å². The van der Waals surface area contributed by atoms with Crippen LogP contribution < -0.4 is 16.0 Å². The summed E-state index contributed by atoms with van der Waals surface area (Å²) in [6.45, 7) is 3.15. The maximum atomic E-state index is 14.6. The van der Waals surface area contributed by atoms with E-state index in [1.54, 1.807) is 6.20 Å². The van der Waals surface area contributed by atoms with Gasteiger partial charge in [-0.1, -0.05) is 7.43 Å². The number of aliphatic hydroxyl groups excluding tert-OH is 1. The van der Waals surface area contributed by atoms with Crippen LogP contribution in [-0.4, -0.2) is 73.8 Å². The molecule has 1 aliphatic heterocycles. The molecule has 222 valence electrons. The molecular formula is C29H40F2N8O2. The van der Waals surface area contributed by atoms with Crippen LogP contribution >= 0.6 is 0 Å². The van der Waals surface area contributed by atoms with E-state index in [1.165, 1.54) is 12.1 Å². The van der Waals surface area contributed by atoms with Crippen LogP contribution in [0.4, 0.5) is 26.4 Å². The molecule has 3 aliphatic rings. The molecule has 0 radical (unpaired) electrons. The number of nitrogens with zero attached hydrogens (tertiary/aromatic N) is 5. The minimum absolute atomic E-state index is 0. The highest BCUT2D eigenvalue weighted by atomic mass is 19.1. The van der Waals surface area contributed by atoms with Gasteiger partial charge in [-0.3, -0.25) is 9.36 Å². The summed E-state index contributed by atoms with van der Waals surface area (Å²) in [6, 6.07) is 3.57. The Morgan fingerprint density at radius 1 is 1.00 bits per heavy atom. The number of amides is 1. The van der Waals surface area contributed by atoms with E-state index < -0.39 is 11.6 Å². The van der Waals surface area contributed by atoms with Crippen LogP contribution in [0.25, 0.3) is 11.2 Å². The van der Waals surface area contributed by atoms with Crippen molar-refractivity contribution in [3.8, 4) is 0 Å². The third-order valence-corrected chi connectivity index (χ3v) is 8.48. The van der Waals surface area contributed by atoms with Crippen molar-refractivity contribution in [2.45, 2.75) is 77.0 Å². The van der Waals surface area contributed by atoms with Crippen molar-refractivity contribution < 1.29 is 18.7 Å². The molecule has 2 saturated carbocycles. The second-order valence-electron chi connectivity index (χ2n) is 11.2. The van der Waals surface area contributed by atoms with E-state index in [9.17, 15) is 18.7 Å². The zero-order chi connectivity index (χ0) is 27.6. The number of fused-ring (bicyclic) bond motifs is 1. The molecule has 0 unspecified atom stereocenters. The van der Waals surface area contributed by atoms with Gasteiger partial charge in [0.1, 0.15) is 17.2 Å². The van der Waals surface area contributed by atoms with Crippen LogP contribution in [0.2, 0.25) is 0 Å². The lowest BCUT2D eigenvalue weighted by Crippen LogP contribution is -2.48. The summed E-state index contributed by atoms with van der Waals surface area (Å²) in [5.74, 6) is -0.253. The number of hydrogen-bond donors (Lipinski definition) is 4. The Morgan fingerprint density at radius 2 is 1.73 bits per heavy atom. The number of imidazole rings is 1. The Hall–Kier alpha value is -3.38. The molecule has 0 bridgehead atoms. The molecule has 3 fully saturated rings. The van der Waals surface area contributed by atoms with Gasteiger partial charge in [0.15, 0.2) is 5.65 Å². The van der Waals surface area contributed by atoms with Gasteiger partial charge in [0.25, 0.3) is 0 Å². The Morgan fingerprint density at radius 3 is 2.44 bits per heavy atom. The number of halogens is 2. The van der Waals surface area contributed by atoms with Gasteiger partial charge in [-0.25, -0.2) is 18.7 Å². The average molecular weight is 571 g/mol. The Balaban J connectivity index is 0.00000337. The summed E-state index contributed by atoms with van der Waals surface area (Å²) >= 11 is 0. The van der Waals surface area contributed by atoms with Gasteiger partial charge in [0.05, 0.1) is 18.0 Å². The predicted molar refractivity (Wildman–Crippen MR) is 154 cm³/mol. The van der Waals surface area contributed by atoms with Crippen LogP contribution in [0.15, 0.2) is 24.4 Å². The Labute approximate surface area is 239 Å². The molecule has 1 aromatic carbocycles. The molecule has 2 aliphatic carbocycles. The maximum Gasteiger partial charge on any atom is 0.225 e. The summed E-state index contributed by atoms with van der Waals surface area (Å²) in [7, 11) is 0. The maximum absolute atomic E-state index is 14.6. The van der Waals surface area contributed by atoms with Gasteiger partial charge in [0, 0.05) is 50.2 Å². The van der Waals surface area contributed by atoms with Crippen molar-refractivity contribution in [2.24, 2.45) is 5.92 Å². The molecule has 4 N–H and O–H groups in total. The van der Waals surface area contributed by atoms with Crippen LogP contribution in [0.3, 0.4) is 0 Å². The molecule has 3 heterocycles. The normalized spacial score (nSPS) is 25.0. The number of benzene rings is 1. The zero-order valence-electron chi connectivity index (χ0n) is 22.5. The highest BCUT2D eigenvalue weighted by molar-refractivity contribution is 5.79. The molecule has 1 amide bonds. The molecule has 12 heteroatoms. The van der Waals surface area contributed by atoms with E-state index in [0.29, 0.717) is 23.1 Å². The first-order chi connectivity index (χ1) is 19.4. The number of hydrogen-bond acceptors (Lipinski definition) is 8. The van der Waals surface area contributed by atoms with Crippen LogP contribution in [0.1, 0.15) is 64.8 Å². The van der Waals surface area contributed by atoms with Crippen LogP contribution in [0, 0.1) is 17.6 Å². The molecule has 10 nitrogen and oxygen atoms in total. The first-order valence-corrected chi connectivity index (χ1v) is 14.4. The topological polar surface area (TPSA) is 120 Å². The third-order valence-electron chi connectivity index (χ3n) is 8.48. The Bertz CT molecular complexity index is 1350. The molecule has 0 spiro atoms. The highest BCUT2D eigenvalue weighted by Crippen LogP contribution is 2.38. The fraction of sp³-hybridized carbons (Fsp3) is 0.586. The fourth-order valence-corrected chi connectivity index (χ4v) is 6.23. The number of piperazine rings is 1. The predicted octanol–water partition coefficient (Wildman–Crippen LogP) is 4.36. The molecule has 3 aromatic rings. The molecule has 6 rings (SSSR count). The summed E-state index contributed by atoms with van der Waals surface area (Å²) in [5, 5.41) is 19.6. The van der Waals surface area contributed by atoms with E-state index >= 15 is 0 Å². The number of carbonyl (C=O) groups is 1. The van der Waals surface area contributed by atoms with Crippen molar-refractivity contribution >= 4 is 34.7 Å². The lowest BCUT2D eigenvalue weighted by molar-refractivity contribution is -0.137. The smallest absolute Gasteiger partial charge is 0.225 e. The minimum atomic E-state index is -0.711. The number of rotatable bonds is 6. The van der Waals surface area contributed by atoms with Gasteiger partial charge in [-0.05, 0) is 63.5 Å². The van der Waals surface area contributed by atoms with E-state index in [0.717, 1.165) is 83.6 Å². The van der Waals surface area contributed by atoms with Crippen LogP contribution in [-0.2, 0) is 4.79 Å².